The van der Waals surface area contributed by atoms with Crippen LogP contribution in [0.1, 0.15) is 0 Å². The molecule has 3 nitrogen and oxygen atoms in total. The molecule has 0 amide bonds. The number of carbonyl (C=O) groups excluding carboxylic acids is 1. The summed E-state index contributed by atoms with van der Waals surface area (Å²) in [4.78, 5) is 11.5. The average molecular weight is 127 g/mol. The second kappa shape index (κ2) is 2.32. The first-order chi connectivity index (χ1) is 3.56. The van der Waals surface area contributed by atoms with Gasteiger partial charge in [-0.15, -0.1) is 13.2 Å². The number of hydrogen-bond donors (Lipinski definition) is 0. The van der Waals surface area contributed by atoms with E-state index in [0.717, 1.165) is 0 Å². The highest BCUT2D eigenvalue weighted by atomic mass is 19.4. The van der Waals surface area contributed by atoms with E-state index >= 15 is 0 Å². The van der Waals surface area contributed by atoms with Crippen molar-refractivity contribution in [1.82, 2.24) is 0 Å². The molecule has 0 unspecified atom stereocenters. The standard InChI is InChI=1S/C2F3NO2/c3-2(4,5)8-6-1-7. The molecule has 0 radical (unpaired) electrons. The number of halogens is 3. The zero-order valence-corrected chi connectivity index (χ0v) is 3.40. The molecule has 0 N–H and O–H groups in total. The summed E-state index contributed by atoms with van der Waals surface area (Å²) in [6.45, 7) is 0. The van der Waals surface area contributed by atoms with Crippen LogP contribution < -0.4 is 0 Å². The molecule has 0 saturated heterocycles. The van der Waals surface area contributed by atoms with Gasteiger partial charge in [0.25, 0.3) is 6.08 Å². The lowest BCUT2D eigenvalue weighted by Crippen LogP contribution is -2.08. The first-order valence-corrected chi connectivity index (χ1v) is 1.38. The summed E-state index contributed by atoms with van der Waals surface area (Å²) in [6.07, 6.45) is -4.32. The summed E-state index contributed by atoms with van der Waals surface area (Å²) in [7, 11) is 0. The van der Waals surface area contributed by atoms with Crippen molar-refractivity contribution in [3.05, 3.63) is 0 Å². The molecular formula is C2F3NO2. The van der Waals surface area contributed by atoms with Crippen molar-refractivity contribution in [2.24, 2.45) is 5.16 Å². The third-order valence-corrected chi connectivity index (χ3v) is 0.186. The first-order valence-electron chi connectivity index (χ1n) is 1.38. The lowest BCUT2D eigenvalue weighted by Gasteiger charge is -1.96. The molecule has 0 spiro atoms. The molecule has 0 fully saturated rings. The van der Waals surface area contributed by atoms with Crippen molar-refractivity contribution in [3.63, 3.8) is 0 Å². The molecule has 0 saturated carbocycles. The van der Waals surface area contributed by atoms with Gasteiger partial charge in [0.2, 0.25) is 0 Å². The van der Waals surface area contributed by atoms with E-state index in [1.165, 1.54) is 0 Å². The quantitative estimate of drug-likeness (QED) is 0.296. The monoisotopic (exact) mass is 127 g/mol. The predicted octanol–water partition coefficient (Wildman–Crippen LogP) is 0.774. The molecule has 0 aliphatic carbocycles. The van der Waals surface area contributed by atoms with Crippen molar-refractivity contribution in [1.29, 1.82) is 0 Å². The van der Waals surface area contributed by atoms with Gasteiger partial charge in [-0.1, -0.05) is 0 Å². The molecule has 0 aliphatic heterocycles. The number of nitrogens with zero attached hydrogens (tertiary/aromatic N) is 1. The topological polar surface area (TPSA) is 38.7 Å². The Morgan fingerprint density at radius 3 is 2.12 bits per heavy atom. The van der Waals surface area contributed by atoms with Crippen LogP contribution in [0.2, 0.25) is 0 Å². The average Bonchev–Trinajstić information content (AvgIpc) is 1.59. The molecule has 0 aliphatic rings. The Kier molecular flexibility index (Phi) is 2.02. The molecule has 8 heavy (non-hydrogen) atoms. The fraction of sp³-hybridized carbons (Fsp3) is 0.500. The SMILES string of the molecule is O=C=NOC(F)(F)F. The first kappa shape index (κ1) is 6.97. The van der Waals surface area contributed by atoms with Crippen LogP contribution in [-0.2, 0) is 9.63 Å². The normalized spacial score (nSPS) is 9.88. The number of isocyanates is 1. The summed E-state index contributed by atoms with van der Waals surface area (Å²) in [5, 5.41) is 1.81. The Morgan fingerprint density at radius 1 is 1.50 bits per heavy atom. The van der Waals surface area contributed by atoms with E-state index in [0.29, 0.717) is 6.08 Å². The van der Waals surface area contributed by atoms with Crippen LogP contribution in [-0.4, -0.2) is 12.4 Å². The smallest absolute Gasteiger partial charge is 0.282 e. The second-order valence-electron chi connectivity index (χ2n) is 0.720. The number of hydrogen-bond acceptors (Lipinski definition) is 3. The molecule has 0 aromatic rings. The third-order valence-electron chi connectivity index (χ3n) is 0.186. The van der Waals surface area contributed by atoms with Crippen molar-refractivity contribution < 1.29 is 22.8 Å². The predicted molar refractivity (Wildman–Crippen MR) is 15.3 cm³/mol. The fourth-order valence-corrected chi connectivity index (χ4v) is 0.0704. The summed E-state index contributed by atoms with van der Waals surface area (Å²) >= 11 is 0. The Labute approximate surface area is 41.7 Å². The van der Waals surface area contributed by atoms with Gasteiger partial charge in [-0.05, 0) is 0 Å². The van der Waals surface area contributed by atoms with Gasteiger partial charge in [0, 0.05) is 5.16 Å². The summed E-state index contributed by atoms with van der Waals surface area (Å²) in [6, 6.07) is 0. The van der Waals surface area contributed by atoms with Crippen LogP contribution in [0.4, 0.5) is 13.2 Å². The minimum Gasteiger partial charge on any atom is -0.282 e. The van der Waals surface area contributed by atoms with E-state index < -0.39 is 6.36 Å². The molecule has 46 valence electrons. The number of rotatable bonds is 1. The van der Waals surface area contributed by atoms with Gasteiger partial charge in [0.15, 0.2) is 0 Å². The van der Waals surface area contributed by atoms with Crippen LogP contribution in [0.3, 0.4) is 0 Å². The molecule has 0 aromatic heterocycles. The van der Waals surface area contributed by atoms with Crippen molar-refractivity contribution in [2.75, 3.05) is 0 Å². The zero-order valence-electron chi connectivity index (χ0n) is 3.40. The van der Waals surface area contributed by atoms with Crippen LogP contribution in [0.15, 0.2) is 5.16 Å². The Bertz CT molecular complexity index is 113. The second-order valence-corrected chi connectivity index (χ2v) is 0.720. The maximum atomic E-state index is 10.7. The largest absolute Gasteiger partial charge is 0.593 e. The van der Waals surface area contributed by atoms with E-state index in [4.69, 9.17) is 4.79 Å². The lowest BCUT2D eigenvalue weighted by atomic mass is 11.4. The van der Waals surface area contributed by atoms with E-state index in [1.807, 2.05) is 5.16 Å². The lowest BCUT2D eigenvalue weighted by molar-refractivity contribution is -0.325. The third kappa shape index (κ3) is 4.97. The van der Waals surface area contributed by atoms with Gasteiger partial charge in [-0.3, -0.25) is 4.84 Å². The van der Waals surface area contributed by atoms with Crippen molar-refractivity contribution in [3.8, 4) is 0 Å². The molecule has 0 atom stereocenters. The maximum Gasteiger partial charge on any atom is 0.593 e. The van der Waals surface area contributed by atoms with Gasteiger partial charge >= 0.3 is 6.36 Å². The summed E-state index contributed by atoms with van der Waals surface area (Å²) in [5.74, 6) is 0. The van der Waals surface area contributed by atoms with Gasteiger partial charge < -0.3 is 0 Å². The molecule has 0 rings (SSSR count). The minimum atomic E-state index is -4.88. The van der Waals surface area contributed by atoms with Crippen LogP contribution in [0, 0.1) is 0 Å². The maximum absolute atomic E-state index is 10.7. The number of alkyl halides is 3. The van der Waals surface area contributed by atoms with E-state index in [1.54, 1.807) is 0 Å². The Morgan fingerprint density at radius 2 is 2.00 bits per heavy atom. The molecule has 0 heterocycles. The van der Waals surface area contributed by atoms with E-state index in [2.05, 4.69) is 4.84 Å². The van der Waals surface area contributed by atoms with Gasteiger partial charge in [-0.25, -0.2) is 4.79 Å². The molecule has 6 heteroatoms. The molecule has 0 bridgehead atoms. The minimum absolute atomic E-state index is 0.557. The Hall–Kier alpha value is -1.03. The van der Waals surface area contributed by atoms with Crippen molar-refractivity contribution >= 4 is 6.08 Å². The highest BCUT2D eigenvalue weighted by Gasteiger charge is 2.31. The van der Waals surface area contributed by atoms with Gasteiger partial charge in [0.05, 0.1) is 0 Å². The van der Waals surface area contributed by atoms with Crippen LogP contribution >= 0.6 is 0 Å². The highest BCUT2D eigenvalue weighted by Crippen LogP contribution is 2.15. The van der Waals surface area contributed by atoms with E-state index in [9.17, 15) is 13.2 Å². The summed E-state index contributed by atoms with van der Waals surface area (Å²) in [5.41, 5.74) is 0. The highest BCUT2D eigenvalue weighted by molar-refractivity contribution is 5.31. The Balaban J connectivity index is 3.55. The van der Waals surface area contributed by atoms with Gasteiger partial charge in [-0.2, -0.15) is 0 Å². The molecular weight excluding hydrogens is 127 g/mol. The van der Waals surface area contributed by atoms with Gasteiger partial charge in [0.1, 0.15) is 0 Å². The van der Waals surface area contributed by atoms with E-state index in [-0.39, 0.29) is 0 Å². The van der Waals surface area contributed by atoms with Crippen molar-refractivity contribution in [2.45, 2.75) is 6.36 Å². The summed E-state index contributed by atoms with van der Waals surface area (Å²) < 4.78 is 32.2. The van der Waals surface area contributed by atoms with Crippen LogP contribution in [0.25, 0.3) is 0 Å². The fourth-order valence-electron chi connectivity index (χ4n) is 0.0704. The molecule has 0 aromatic carbocycles. The zero-order chi connectivity index (χ0) is 6.62. The van der Waals surface area contributed by atoms with Crippen LogP contribution in [0.5, 0.6) is 0 Å².